The molecule has 0 radical (unpaired) electrons. The molecule has 9 heteroatoms. The van der Waals surface area contributed by atoms with E-state index in [0.29, 0.717) is 30.4 Å². The zero-order chi connectivity index (χ0) is 27.1. The molecular weight excluding hydrogens is 492 g/mol. The lowest BCUT2D eigenvalue weighted by Crippen LogP contribution is -2.39. The van der Waals surface area contributed by atoms with Crippen LogP contribution in [0.5, 0.6) is 0 Å². The Balaban J connectivity index is 1.80. The van der Waals surface area contributed by atoms with Crippen molar-refractivity contribution in [1.82, 2.24) is 8.87 Å². The van der Waals surface area contributed by atoms with Crippen LogP contribution in [0, 0.1) is 13.8 Å². The Hall–Kier alpha value is -3.59. The standard InChI is InChI=1S/C28H32N2O6S/c1-18-7-9-22(10-8-18)37(33,34)30-24-17-23(19(2)15-21(24)16-25(30)26(31)35-6)20-11-13-29(14-12-20)27(32)36-28(3,4)5/h7-11,15-17H,12-14H2,1-6H3. The number of ether oxygens (including phenoxy) is 2. The Morgan fingerprint density at radius 2 is 1.68 bits per heavy atom. The van der Waals surface area contributed by atoms with Crippen LogP contribution in [-0.2, 0) is 19.5 Å². The number of aromatic nitrogens is 1. The highest BCUT2D eigenvalue weighted by atomic mass is 32.2. The minimum atomic E-state index is -4.10. The van der Waals surface area contributed by atoms with E-state index in [2.05, 4.69) is 0 Å². The summed E-state index contributed by atoms with van der Waals surface area (Å²) >= 11 is 0. The molecule has 1 amide bonds. The van der Waals surface area contributed by atoms with Gasteiger partial charge in [-0.2, -0.15) is 0 Å². The molecule has 0 N–H and O–H groups in total. The maximum Gasteiger partial charge on any atom is 0.410 e. The Morgan fingerprint density at radius 1 is 1.00 bits per heavy atom. The van der Waals surface area contributed by atoms with Crippen LogP contribution in [0.1, 0.15) is 54.4 Å². The summed E-state index contributed by atoms with van der Waals surface area (Å²) in [5, 5.41) is 0.615. The minimum absolute atomic E-state index is 0.0663. The molecule has 1 aliphatic heterocycles. The van der Waals surface area contributed by atoms with E-state index in [1.54, 1.807) is 29.2 Å². The van der Waals surface area contributed by atoms with Gasteiger partial charge in [-0.05, 0) is 88.1 Å². The number of fused-ring (bicyclic) bond motifs is 1. The number of carbonyl (C=O) groups is 2. The van der Waals surface area contributed by atoms with Gasteiger partial charge in [0.05, 0.1) is 17.5 Å². The van der Waals surface area contributed by atoms with Crippen molar-refractivity contribution in [2.45, 2.75) is 51.5 Å². The van der Waals surface area contributed by atoms with Crippen LogP contribution in [0.25, 0.3) is 16.5 Å². The van der Waals surface area contributed by atoms with Crippen molar-refractivity contribution in [1.29, 1.82) is 0 Å². The van der Waals surface area contributed by atoms with Gasteiger partial charge in [0, 0.05) is 18.5 Å². The van der Waals surface area contributed by atoms with Gasteiger partial charge in [0.1, 0.15) is 11.3 Å². The van der Waals surface area contributed by atoms with Crippen LogP contribution < -0.4 is 0 Å². The third kappa shape index (κ3) is 5.27. The molecule has 0 bridgehead atoms. The zero-order valence-electron chi connectivity index (χ0n) is 22.0. The number of rotatable bonds is 4. The molecule has 8 nitrogen and oxygen atoms in total. The lowest BCUT2D eigenvalue weighted by molar-refractivity contribution is 0.0270. The van der Waals surface area contributed by atoms with E-state index in [9.17, 15) is 18.0 Å². The Morgan fingerprint density at radius 3 is 2.24 bits per heavy atom. The first kappa shape index (κ1) is 26.5. The summed E-state index contributed by atoms with van der Waals surface area (Å²) in [7, 11) is -2.87. The van der Waals surface area contributed by atoms with Gasteiger partial charge in [0.2, 0.25) is 0 Å². The number of hydrogen-bond donors (Lipinski definition) is 0. The number of amides is 1. The third-order valence-electron chi connectivity index (χ3n) is 6.26. The fraction of sp³-hybridized carbons (Fsp3) is 0.357. The Bertz CT molecular complexity index is 1510. The quantitative estimate of drug-likeness (QED) is 0.430. The molecule has 37 heavy (non-hydrogen) atoms. The second-order valence-electron chi connectivity index (χ2n) is 10.2. The number of benzene rings is 2. The van der Waals surface area contributed by atoms with Crippen molar-refractivity contribution in [2.75, 3.05) is 20.2 Å². The second kappa shape index (κ2) is 9.70. The van der Waals surface area contributed by atoms with Crippen LogP contribution in [0.3, 0.4) is 0 Å². The van der Waals surface area contributed by atoms with Crippen molar-refractivity contribution in [3.05, 3.63) is 70.9 Å². The van der Waals surface area contributed by atoms with E-state index in [1.807, 2.05) is 46.8 Å². The van der Waals surface area contributed by atoms with Gasteiger partial charge in [-0.3, -0.25) is 0 Å². The Labute approximate surface area is 217 Å². The summed E-state index contributed by atoms with van der Waals surface area (Å²) < 4.78 is 39.0. The van der Waals surface area contributed by atoms with Crippen molar-refractivity contribution < 1.29 is 27.5 Å². The van der Waals surface area contributed by atoms with Gasteiger partial charge in [-0.25, -0.2) is 22.0 Å². The molecule has 0 aliphatic carbocycles. The van der Waals surface area contributed by atoms with Crippen molar-refractivity contribution in [3.63, 3.8) is 0 Å². The highest BCUT2D eigenvalue weighted by Gasteiger charge is 2.29. The molecule has 0 saturated carbocycles. The normalized spacial score (nSPS) is 14.4. The van der Waals surface area contributed by atoms with E-state index in [-0.39, 0.29) is 16.7 Å². The van der Waals surface area contributed by atoms with Crippen molar-refractivity contribution in [3.8, 4) is 0 Å². The highest BCUT2D eigenvalue weighted by molar-refractivity contribution is 7.90. The molecule has 0 spiro atoms. The summed E-state index contributed by atoms with van der Waals surface area (Å²) in [5.74, 6) is -0.740. The van der Waals surface area contributed by atoms with Gasteiger partial charge in [-0.15, -0.1) is 0 Å². The molecule has 0 fully saturated rings. The van der Waals surface area contributed by atoms with E-state index in [0.717, 1.165) is 26.2 Å². The molecule has 0 atom stereocenters. The molecule has 2 heterocycles. The predicted octanol–water partition coefficient (Wildman–Crippen LogP) is 5.31. The van der Waals surface area contributed by atoms with Gasteiger partial charge in [0.15, 0.2) is 0 Å². The SMILES string of the molecule is COC(=O)c1cc2cc(C)c(C3=CCN(C(=O)OC(C)(C)C)CC3)cc2n1S(=O)(=O)c1ccc(C)cc1. The lowest BCUT2D eigenvalue weighted by atomic mass is 9.94. The first-order valence-electron chi connectivity index (χ1n) is 12.1. The molecule has 0 unspecified atom stereocenters. The van der Waals surface area contributed by atoms with E-state index < -0.39 is 21.6 Å². The summed E-state index contributed by atoms with van der Waals surface area (Å²) in [6, 6.07) is 11.7. The Kier molecular flexibility index (Phi) is 6.94. The van der Waals surface area contributed by atoms with Gasteiger partial charge in [0.25, 0.3) is 10.0 Å². The number of methoxy groups -OCH3 is 1. The largest absolute Gasteiger partial charge is 0.464 e. The van der Waals surface area contributed by atoms with E-state index >= 15 is 0 Å². The molecule has 0 saturated heterocycles. The fourth-order valence-corrected chi connectivity index (χ4v) is 5.91. The summed E-state index contributed by atoms with van der Waals surface area (Å²) in [6.07, 6.45) is 2.18. The molecule has 1 aromatic heterocycles. The maximum absolute atomic E-state index is 13.7. The van der Waals surface area contributed by atoms with Gasteiger partial charge in [-0.1, -0.05) is 23.8 Å². The average Bonchev–Trinajstić information content (AvgIpc) is 3.21. The third-order valence-corrected chi connectivity index (χ3v) is 8.01. The predicted molar refractivity (Wildman–Crippen MR) is 142 cm³/mol. The number of hydrogen-bond acceptors (Lipinski definition) is 6. The number of aryl methyl sites for hydroxylation is 2. The molecular formula is C28H32N2O6S. The number of carbonyl (C=O) groups excluding carboxylic acids is 2. The summed E-state index contributed by atoms with van der Waals surface area (Å²) in [4.78, 5) is 26.8. The highest BCUT2D eigenvalue weighted by Crippen LogP contribution is 2.33. The number of nitrogens with zero attached hydrogens (tertiary/aromatic N) is 2. The van der Waals surface area contributed by atoms with Crippen molar-refractivity contribution in [2.24, 2.45) is 0 Å². The van der Waals surface area contributed by atoms with E-state index in [1.165, 1.54) is 19.2 Å². The maximum atomic E-state index is 13.7. The summed E-state index contributed by atoms with van der Waals surface area (Å²) in [5.41, 5.74) is 3.47. The van der Waals surface area contributed by atoms with Crippen LogP contribution in [0.2, 0.25) is 0 Å². The van der Waals surface area contributed by atoms with Crippen LogP contribution >= 0.6 is 0 Å². The molecule has 3 aromatic rings. The fourth-order valence-electron chi connectivity index (χ4n) is 4.42. The second-order valence-corrected chi connectivity index (χ2v) is 12.0. The average molecular weight is 525 g/mol. The topological polar surface area (TPSA) is 94.9 Å². The van der Waals surface area contributed by atoms with E-state index in [4.69, 9.17) is 9.47 Å². The van der Waals surface area contributed by atoms with Crippen LogP contribution in [0.15, 0.2) is 53.4 Å². The van der Waals surface area contributed by atoms with Gasteiger partial charge < -0.3 is 14.4 Å². The molecule has 196 valence electrons. The minimum Gasteiger partial charge on any atom is -0.464 e. The lowest BCUT2D eigenvalue weighted by Gasteiger charge is -2.30. The monoisotopic (exact) mass is 524 g/mol. The molecule has 2 aromatic carbocycles. The molecule has 4 rings (SSSR count). The van der Waals surface area contributed by atoms with Crippen LogP contribution in [0.4, 0.5) is 4.79 Å². The van der Waals surface area contributed by atoms with Crippen molar-refractivity contribution >= 4 is 38.6 Å². The smallest absolute Gasteiger partial charge is 0.410 e. The summed E-state index contributed by atoms with van der Waals surface area (Å²) in [6.45, 7) is 10.2. The molecule has 1 aliphatic rings. The first-order chi connectivity index (χ1) is 17.3. The first-order valence-corrected chi connectivity index (χ1v) is 13.5. The van der Waals surface area contributed by atoms with Crippen LogP contribution in [-0.4, -0.2) is 55.2 Å². The van der Waals surface area contributed by atoms with Gasteiger partial charge >= 0.3 is 12.1 Å². The zero-order valence-corrected chi connectivity index (χ0v) is 22.8. The number of esters is 1.